The molecule has 8 heteroatoms. The number of rotatable bonds is 4. The van der Waals surface area contributed by atoms with Crippen molar-refractivity contribution in [1.82, 2.24) is 9.97 Å². The van der Waals surface area contributed by atoms with E-state index in [1.165, 1.54) is 12.1 Å². The number of nitrogens with zero attached hydrogens (tertiary/aromatic N) is 2. The number of hydrogen-bond acceptors (Lipinski definition) is 4. The predicted molar refractivity (Wildman–Crippen MR) is 92.1 cm³/mol. The maximum atomic E-state index is 12.7. The summed E-state index contributed by atoms with van der Waals surface area (Å²) in [4.78, 5) is 8.56. The first-order chi connectivity index (χ1) is 11.9. The van der Waals surface area contributed by atoms with E-state index >= 15 is 0 Å². The number of benzene rings is 1. The van der Waals surface area contributed by atoms with E-state index in [-0.39, 0.29) is 6.61 Å². The van der Waals surface area contributed by atoms with Gasteiger partial charge in [0, 0.05) is 17.8 Å². The Bertz CT molecular complexity index is 884. The van der Waals surface area contributed by atoms with E-state index in [4.69, 9.17) is 0 Å². The smallest absolute Gasteiger partial charge is 0.394 e. The van der Waals surface area contributed by atoms with Gasteiger partial charge in [-0.3, -0.25) is 4.98 Å². The summed E-state index contributed by atoms with van der Waals surface area (Å²) >= 11 is 3.38. The minimum absolute atomic E-state index is 0.301. The molecule has 1 aromatic carbocycles. The Balaban J connectivity index is 1.92. The van der Waals surface area contributed by atoms with E-state index in [0.29, 0.717) is 16.9 Å². The fraction of sp³-hybridized carbons (Fsp3) is 0.176. The van der Waals surface area contributed by atoms with Gasteiger partial charge in [0.15, 0.2) is 0 Å². The van der Waals surface area contributed by atoms with Gasteiger partial charge >= 0.3 is 6.18 Å². The highest BCUT2D eigenvalue weighted by Crippen LogP contribution is 2.31. The second kappa shape index (κ2) is 6.97. The molecule has 25 heavy (non-hydrogen) atoms. The van der Waals surface area contributed by atoms with Gasteiger partial charge in [0.1, 0.15) is 5.82 Å². The van der Waals surface area contributed by atoms with Crippen molar-refractivity contribution < 1.29 is 18.3 Å². The first-order valence-corrected chi connectivity index (χ1v) is 8.13. The van der Waals surface area contributed by atoms with Crippen molar-refractivity contribution in [3.05, 3.63) is 64.4 Å². The van der Waals surface area contributed by atoms with Crippen molar-refractivity contribution in [2.45, 2.75) is 12.2 Å². The zero-order chi connectivity index (χ0) is 18.0. The molecule has 0 fully saturated rings. The lowest BCUT2D eigenvalue weighted by atomic mass is 10.0. The van der Waals surface area contributed by atoms with Gasteiger partial charge in [0.2, 0.25) is 0 Å². The van der Waals surface area contributed by atoms with Crippen molar-refractivity contribution >= 4 is 32.7 Å². The lowest BCUT2D eigenvalue weighted by molar-refractivity contribution is -0.137. The number of aliphatic hydroxyl groups is 1. The standard InChI is InChI=1S/C17H13BrF3N3O/c18-13-8-23-16(12-2-1-7-22-15(12)13)24-14(9-25)10-3-5-11(6-4-10)17(19,20)21/h1-8,14,25H,9H2,(H,23,24). The summed E-state index contributed by atoms with van der Waals surface area (Å²) in [6.45, 7) is -0.301. The van der Waals surface area contributed by atoms with Gasteiger partial charge in [-0.05, 0) is 45.8 Å². The Hall–Kier alpha value is -2.19. The molecule has 0 saturated heterocycles. The van der Waals surface area contributed by atoms with Crippen LogP contribution in [0.1, 0.15) is 17.2 Å². The van der Waals surface area contributed by atoms with E-state index < -0.39 is 17.8 Å². The van der Waals surface area contributed by atoms with Crippen molar-refractivity contribution in [3.8, 4) is 0 Å². The zero-order valence-corrected chi connectivity index (χ0v) is 14.3. The lowest BCUT2D eigenvalue weighted by Crippen LogP contribution is -2.16. The van der Waals surface area contributed by atoms with Crippen LogP contribution in [0.2, 0.25) is 0 Å². The van der Waals surface area contributed by atoms with Crippen LogP contribution in [0.25, 0.3) is 10.9 Å². The third kappa shape index (κ3) is 3.74. The number of alkyl halides is 3. The number of hydrogen-bond donors (Lipinski definition) is 2. The van der Waals surface area contributed by atoms with E-state index in [1.807, 2.05) is 6.07 Å². The molecule has 2 N–H and O–H groups in total. The molecule has 130 valence electrons. The van der Waals surface area contributed by atoms with Crippen LogP contribution in [0.3, 0.4) is 0 Å². The van der Waals surface area contributed by atoms with Crippen LogP contribution in [0.4, 0.5) is 19.0 Å². The largest absolute Gasteiger partial charge is 0.416 e. The minimum atomic E-state index is -4.39. The molecule has 0 amide bonds. The molecule has 0 aliphatic heterocycles. The molecule has 0 bridgehead atoms. The van der Waals surface area contributed by atoms with Crippen molar-refractivity contribution in [1.29, 1.82) is 0 Å². The Morgan fingerprint density at radius 3 is 2.48 bits per heavy atom. The highest BCUT2D eigenvalue weighted by molar-refractivity contribution is 9.10. The van der Waals surface area contributed by atoms with Crippen LogP contribution < -0.4 is 5.32 Å². The Labute approximate surface area is 149 Å². The molecule has 1 atom stereocenters. The second-order valence-corrected chi connectivity index (χ2v) is 6.21. The van der Waals surface area contributed by atoms with Gasteiger partial charge in [-0.25, -0.2) is 4.98 Å². The molecule has 0 aliphatic carbocycles. The number of aliphatic hydroxyl groups excluding tert-OH is 1. The number of halogens is 4. The summed E-state index contributed by atoms with van der Waals surface area (Å²) in [5, 5.41) is 13.5. The zero-order valence-electron chi connectivity index (χ0n) is 12.8. The van der Waals surface area contributed by atoms with E-state index in [0.717, 1.165) is 22.0 Å². The van der Waals surface area contributed by atoms with Crippen LogP contribution in [0, 0.1) is 0 Å². The third-order valence-electron chi connectivity index (χ3n) is 3.73. The Kier molecular flexibility index (Phi) is 4.91. The maximum Gasteiger partial charge on any atom is 0.416 e. The number of anilines is 1. The average molecular weight is 412 g/mol. The van der Waals surface area contributed by atoms with Gasteiger partial charge in [-0.15, -0.1) is 0 Å². The van der Waals surface area contributed by atoms with Crippen LogP contribution in [0.5, 0.6) is 0 Å². The van der Waals surface area contributed by atoms with E-state index in [1.54, 1.807) is 18.5 Å². The van der Waals surface area contributed by atoms with Crippen LogP contribution in [0.15, 0.2) is 53.3 Å². The fourth-order valence-corrected chi connectivity index (χ4v) is 2.88. The van der Waals surface area contributed by atoms with Crippen LogP contribution in [-0.4, -0.2) is 21.7 Å². The fourth-order valence-electron chi connectivity index (χ4n) is 2.46. The van der Waals surface area contributed by atoms with Crippen LogP contribution in [-0.2, 0) is 6.18 Å². The Morgan fingerprint density at radius 2 is 1.84 bits per heavy atom. The Morgan fingerprint density at radius 1 is 1.12 bits per heavy atom. The summed E-state index contributed by atoms with van der Waals surface area (Å²) < 4.78 is 38.8. The normalized spacial score (nSPS) is 13.0. The summed E-state index contributed by atoms with van der Waals surface area (Å²) in [6.07, 6.45) is -1.16. The molecule has 3 rings (SSSR count). The van der Waals surface area contributed by atoms with Gasteiger partial charge in [-0.2, -0.15) is 13.2 Å². The van der Waals surface area contributed by atoms with Crippen LogP contribution >= 0.6 is 15.9 Å². The first kappa shape index (κ1) is 17.6. The molecule has 0 spiro atoms. The number of fused-ring (bicyclic) bond motifs is 1. The van der Waals surface area contributed by atoms with E-state index in [2.05, 4.69) is 31.2 Å². The lowest BCUT2D eigenvalue weighted by Gasteiger charge is -2.19. The van der Waals surface area contributed by atoms with Gasteiger partial charge in [-0.1, -0.05) is 12.1 Å². The van der Waals surface area contributed by atoms with Gasteiger partial charge in [0.25, 0.3) is 0 Å². The first-order valence-electron chi connectivity index (χ1n) is 7.34. The monoisotopic (exact) mass is 411 g/mol. The summed E-state index contributed by atoms with van der Waals surface area (Å²) in [6, 6.07) is 7.66. The topological polar surface area (TPSA) is 58.0 Å². The highest BCUT2D eigenvalue weighted by atomic mass is 79.9. The molecule has 0 saturated carbocycles. The quantitative estimate of drug-likeness (QED) is 0.660. The predicted octanol–water partition coefficient (Wildman–Crippen LogP) is 4.56. The molecule has 4 nitrogen and oxygen atoms in total. The summed E-state index contributed by atoms with van der Waals surface area (Å²) in [5.74, 6) is 0.491. The van der Waals surface area contributed by atoms with Crippen molar-refractivity contribution in [2.24, 2.45) is 0 Å². The highest BCUT2D eigenvalue weighted by Gasteiger charge is 2.30. The molecule has 0 radical (unpaired) electrons. The van der Waals surface area contributed by atoms with E-state index in [9.17, 15) is 18.3 Å². The third-order valence-corrected chi connectivity index (χ3v) is 4.31. The average Bonchev–Trinajstić information content (AvgIpc) is 2.61. The second-order valence-electron chi connectivity index (χ2n) is 5.35. The molecule has 2 heterocycles. The van der Waals surface area contributed by atoms with Gasteiger partial charge in [0.05, 0.1) is 28.2 Å². The molecule has 2 aromatic heterocycles. The van der Waals surface area contributed by atoms with Gasteiger partial charge < -0.3 is 10.4 Å². The molecule has 3 aromatic rings. The van der Waals surface area contributed by atoms with Crippen molar-refractivity contribution in [2.75, 3.05) is 11.9 Å². The molecular formula is C17H13BrF3N3O. The number of aromatic nitrogens is 2. The summed E-state index contributed by atoms with van der Waals surface area (Å²) in [5.41, 5.74) is 0.491. The van der Waals surface area contributed by atoms with Crippen molar-refractivity contribution in [3.63, 3.8) is 0 Å². The molecule has 0 aliphatic rings. The minimum Gasteiger partial charge on any atom is -0.394 e. The summed E-state index contributed by atoms with van der Waals surface area (Å²) in [7, 11) is 0. The SMILES string of the molecule is OCC(Nc1ncc(Br)c2ncccc12)c1ccc(C(F)(F)F)cc1. The molecular weight excluding hydrogens is 399 g/mol. The maximum absolute atomic E-state index is 12.7. The molecule has 1 unspecified atom stereocenters. The number of pyridine rings is 2. The number of nitrogens with one attached hydrogen (secondary N) is 1.